The van der Waals surface area contributed by atoms with Crippen LogP contribution in [0.4, 0.5) is 10.1 Å². The maximum atomic E-state index is 14.0. The molecule has 1 amide bonds. The number of benzene rings is 1. The lowest BCUT2D eigenvalue weighted by atomic mass is 10.2. The summed E-state index contributed by atoms with van der Waals surface area (Å²) >= 11 is 0. The van der Waals surface area contributed by atoms with Crippen LogP contribution in [0.1, 0.15) is 41.7 Å². The Bertz CT molecular complexity index is 795. The second-order valence-electron chi connectivity index (χ2n) is 7.41. The number of carbonyl (C=O) groups excluding carboxylic acids is 1. The van der Waals surface area contributed by atoms with Gasteiger partial charge in [-0.05, 0) is 62.8 Å². The van der Waals surface area contributed by atoms with Crippen LogP contribution in [0.25, 0.3) is 0 Å². The van der Waals surface area contributed by atoms with Gasteiger partial charge in [0, 0.05) is 18.3 Å². The van der Waals surface area contributed by atoms with E-state index in [9.17, 15) is 9.18 Å². The third-order valence-electron chi connectivity index (χ3n) is 5.18. The highest BCUT2D eigenvalue weighted by Crippen LogP contribution is 2.32. The second-order valence-corrected chi connectivity index (χ2v) is 7.41. The lowest BCUT2D eigenvalue weighted by Gasteiger charge is -2.22. The van der Waals surface area contributed by atoms with E-state index in [1.54, 1.807) is 34.8 Å². The number of anilines is 1. The van der Waals surface area contributed by atoms with Gasteiger partial charge in [-0.15, -0.1) is 5.10 Å². The molecule has 0 radical (unpaired) electrons. The molecule has 1 saturated carbocycles. The Morgan fingerprint density at radius 2 is 2.23 bits per heavy atom. The third kappa shape index (κ3) is 3.77. The van der Waals surface area contributed by atoms with Crippen LogP contribution in [0.2, 0.25) is 0 Å². The van der Waals surface area contributed by atoms with Crippen LogP contribution in [-0.2, 0) is 6.54 Å². The molecule has 6 nitrogen and oxygen atoms in total. The van der Waals surface area contributed by atoms with Crippen molar-refractivity contribution in [3.63, 3.8) is 0 Å². The van der Waals surface area contributed by atoms with Gasteiger partial charge in [-0.3, -0.25) is 9.48 Å². The largest absolute Gasteiger partial charge is 0.312 e. The number of halogens is 1. The van der Waals surface area contributed by atoms with Gasteiger partial charge in [-0.25, -0.2) is 4.39 Å². The van der Waals surface area contributed by atoms with Crippen LogP contribution in [0.15, 0.2) is 24.4 Å². The minimum absolute atomic E-state index is 0.217. The Hall–Kier alpha value is -2.28. The van der Waals surface area contributed by atoms with Crippen molar-refractivity contribution in [2.24, 2.45) is 5.92 Å². The van der Waals surface area contributed by atoms with Crippen molar-refractivity contribution in [2.75, 3.05) is 18.0 Å². The van der Waals surface area contributed by atoms with Crippen molar-refractivity contribution in [3.05, 3.63) is 41.5 Å². The van der Waals surface area contributed by atoms with Gasteiger partial charge in [-0.1, -0.05) is 11.3 Å². The van der Waals surface area contributed by atoms with E-state index in [-0.39, 0.29) is 11.7 Å². The van der Waals surface area contributed by atoms with Crippen LogP contribution in [0.5, 0.6) is 0 Å². The summed E-state index contributed by atoms with van der Waals surface area (Å²) in [6.45, 7) is 4.05. The van der Waals surface area contributed by atoms with Crippen LogP contribution < -0.4 is 10.2 Å². The van der Waals surface area contributed by atoms with Gasteiger partial charge in [0.25, 0.3) is 5.91 Å². The number of hydrogen-bond acceptors (Lipinski definition) is 4. The molecule has 0 bridgehead atoms. The highest BCUT2D eigenvalue weighted by atomic mass is 19.1. The standard InChI is InChI=1S/C19H24FN5O/c1-13-4-7-16(9-17(13)20)25(10-14-5-6-14)19(26)18-12-24(23-22-18)11-15-3-2-8-21-15/h4,7,9,12,14-15,21H,2-3,5-6,8,10-11H2,1H3. The zero-order valence-corrected chi connectivity index (χ0v) is 15.0. The number of nitrogens with one attached hydrogen (secondary N) is 1. The van der Waals surface area contributed by atoms with Crippen LogP contribution >= 0.6 is 0 Å². The summed E-state index contributed by atoms with van der Waals surface area (Å²) < 4.78 is 15.7. The van der Waals surface area contributed by atoms with Crippen molar-refractivity contribution < 1.29 is 9.18 Å². The maximum Gasteiger partial charge on any atom is 0.280 e. The van der Waals surface area contributed by atoms with Gasteiger partial charge >= 0.3 is 0 Å². The Kier molecular flexibility index (Phi) is 4.72. The number of rotatable bonds is 6. The minimum atomic E-state index is -0.299. The van der Waals surface area contributed by atoms with E-state index in [1.165, 1.54) is 12.5 Å². The molecule has 2 aromatic rings. The molecular weight excluding hydrogens is 333 g/mol. The Morgan fingerprint density at radius 3 is 2.92 bits per heavy atom. The van der Waals surface area contributed by atoms with Gasteiger partial charge < -0.3 is 10.2 Å². The van der Waals surface area contributed by atoms with Crippen molar-refractivity contribution in [1.82, 2.24) is 20.3 Å². The quantitative estimate of drug-likeness (QED) is 0.863. The summed E-state index contributed by atoms with van der Waals surface area (Å²) in [5.74, 6) is -0.0288. The lowest BCUT2D eigenvalue weighted by molar-refractivity contribution is 0.0980. The first-order valence-electron chi connectivity index (χ1n) is 9.31. The molecule has 1 aromatic heterocycles. The molecule has 1 atom stereocenters. The van der Waals surface area contributed by atoms with E-state index in [4.69, 9.17) is 0 Å². The summed E-state index contributed by atoms with van der Waals surface area (Å²) in [6, 6.07) is 5.32. The molecule has 4 rings (SSSR count). The van der Waals surface area contributed by atoms with Crippen LogP contribution in [0, 0.1) is 18.7 Å². The molecule has 2 fully saturated rings. The van der Waals surface area contributed by atoms with E-state index in [1.807, 2.05) is 0 Å². The number of hydrogen-bond donors (Lipinski definition) is 1. The predicted molar refractivity (Wildman–Crippen MR) is 96.6 cm³/mol. The molecule has 1 saturated heterocycles. The molecule has 1 unspecified atom stereocenters. The molecule has 1 aliphatic heterocycles. The molecule has 1 aliphatic carbocycles. The van der Waals surface area contributed by atoms with Gasteiger partial charge in [0.15, 0.2) is 5.69 Å². The third-order valence-corrected chi connectivity index (χ3v) is 5.18. The average Bonchev–Trinajstić information content (AvgIpc) is 3.09. The smallest absolute Gasteiger partial charge is 0.280 e. The maximum absolute atomic E-state index is 14.0. The minimum Gasteiger partial charge on any atom is -0.312 e. The number of carbonyl (C=O) groups is 1. The first kappa shape index (κ1) is 17.1. The molecular formula is C19H24FN5O. The normalized spacial score (nSPS) is 19.7. The Balaban J connectivity index is 1.53. The molecule has 26 heavy (non-hydrogen) atoms. The first-order valence-corrected chi connectivity index (χ1v) is 9.31. The van der Waals surface area contributed by atoms with Crippen LogP contribution in [0.3, 0.4) is 0 Å². The molecule has 1 aromatic carbocycles. The molecule has 1 N–H and O–H groups in total. The average molecular weight is 357 g/mol. The number of amides is 1. The topological polar surface area (TPSA) is 63.1 Å². The van der Waals surface area contributed by atoms with Crippen molar-refractivity contribution in [3.8, 4) is 0 Å². The number of nitrogens with zero attached hydrogens (tertiary/aromatic N) is 4. The summed E-state index contributed by atoms with van der Waals surface area (Å²) in [5.41, 5.74) is 1.46. The summed E-state index contributed by atoms with van der Waals surface area (Å²) in [5, 5.41) is 11.6. The zero-order valence-electron chi connectivity index (χ0n) is 15.0. The highest BCUT2D eigenvalue weighted by Gasteiger charge is 2.30. The van der Waals surface area contributed by atoms with Gasteiger partial charge in [0.1, 0.15) is 5.82 Å². The molecule has 7 heteroatoms. The van der Waals surface area contributed by atoms with Gasteiger partial charge in [0.05, 0.1) is 12.7 Å². The monoisotopic (exact) mass is 357 g/mol. The first-order chi connectivity index (χ1) is 12.6. The fourth-order valence-corrected chi connectivity index (χ4v) is 3.38. The van der Waals surface area contributed by atoms with Crippen molar-refractivity contribution in [1.29, 1.82) is 0 Å². The highest BCUT2D eigenvalue weighted by molar-refractivity contribution is 6.04. The molecule has 2 heterocycles. The SMILES string of the molecule is Cc1ccc(N(CC2CC2)C(=O)c2cn(CC3CCCN3)nn2)cc1F. The fourth-order valence-electron chi connectivity index (χ4n) is 3.38. The van der Waals surface area contributed by atoms with Crippen LogP contribution in [-0.4, -0.2) is 40.0 Å². The molecule has 2 aliphatic rings. The van der Waals surface area contributed by atoms with E-state index in [0.717, 1.165) is 25.8 Å². The molecule has 138 valence electrons. The fraction of sp³-hybridized carbons (Fsp3) is 0.526. The van der Waals surface area contributed by atoms with Gasteiger partial charge in [0.2, 0.25) is 0 Å². The summed E-state index contributed by atoms with van der Waals surface area (Å²) in [6.07, 6.45) is 6.20. The van der Waals surface area contributed by atoms with Crippen molar-refractivity contribution in [2.45, 2.75) is 45.2 Å². The van der Waals surface area contributed by atoms with E-state index < -0.39 is 0 Å². The Labute approximate surface area is 152 Å². The number of aromatic nitrogens is 3. The van der Waals surface area contributed by atoms with E-state index in [0.29, 0.717) is 42.0 Å². The zero-order chi connectivity index (χ0) is 18.1. The number of aryl methyl sites for hydroxylation is 1. The lowest BCUT2D eigenvalue weighted by Crippen LogP contribution is -2.33. The summed E-state index contributed by atoms with van der Waals surface area (Å²) in [4.78, 5) is 14.7. The second kappa shape index (κ2) is 7.15. The predicted octanol–water partition coefficient (Wildman–Crippen LogP) is 2.53. The Morgan fingerprint density at radius 1 is 1.38 bits per heavy atom. The van der Waals surface area contributed by atoms with E-state index >= 15 is 0 Å². The van der Waals surface area contributed by atoms with Crippen molar-refractivity contribution >= 4 is 11.6 Å². The van der Waals surface area contributed by atoms with E-state index in [2.05, 4.69) is 15.6 Å². The van der Waals surface area contributed by atoms with Gasteiger partial charge in [-0.2, -0.15) is 0 Å². The summed E-state index contributed by atoms with van der Waals surface area (Å²) in [7, 11) is 0. The molecule has 0 spiro atoms.